The Labute approximate surface area is 140 Å². The van der Waals surface area contributed by atoms with Gasteiger partial charge in [0, 0.05) is 6.54 Å². The fourth-order valence-corrected chi connectivity index (χ4v) is 2.48. The number of hydrogen-bond acceptors (Lipinski definition) is 2. The largest absolute Gasteiger partial charge is 0.481 e. The van der Waals surface area contributed by atoms with Crippen LogP contribution in [0.1, 0.15) is 28.2 Å². The summed E-state index contributed by atoms with van der Waals surface area (Å²) in [6.45, 7) is 3.85. The summed E-state index contributed by atoms with van der Waals surface area (Å²) in [5.41, 5.74) is 3.46. The highest BCUT2D eigenvalue weighted by molar-refractivity contribution is 5.81. The Balaban J connectivity index is 2.01. The molecule has 1 amide bonds. The minimum absolute atomic E-state index is 0.0370. The molecule has 0 saturated heterocycles. The Morgan fingerprint density at radius 3 is 2.42 bits per heavy atom. The van der Waals surface area contributed by atoms with Crippen molar-refractivity contribution in [2.75, 3.05) is 6.54 Å². The van der Waals surface area contributed by atoms with Crippen LogP contribution < -0.4 is 5.32 Å². The van der Waals surface area contributed by atoms with Crippen molar-refractivity contribution in [3.05, 3.63) is 70.5 Å². The Kier molecular flexibility index (Phi) is 5.68. The number of rotatable bonds is 6. The molecule has 5 heteroatoms. The molecule has 0 aliphatic carbocycles. The molecule has 0 fully saturated rings. The predicted molar refractivity (Wildman–Crippen MR) is 89.4 cm³/mol. The van der Waals surface area contributed by atoms with E-state index in [1.165, 1.54) is 24.3 Å². The van der Waals surface area contributed by atoms with Crippen LogP contribution in [0.3, 0.4) is 0 Å². The number of halogens is 1. The maximum absolute atomic E-state index is 13.0. The molecule has 1 unspecified atom stereocenters. The zero-order chi connectivity index (χ0) is 17.7. The minimum Gasteiger partial charge on any atom is -0.481 e. The van der Waals surface area contributed by atoms with Crippen LogP contribution in [0.25, 0.3) is 0 Å². The number of carboxylic acid groups (broad SMARTS) is 1. The Bertz CT molecular complexity index is 741. The van der Waals surface area contributed by atoms with Crippen molar-refractivity contribution in [2.24, 2.45) is 0 Å². The lowest BCUT2D eigenvalue weighted by Gasteiger charge is -2.14. The first kappa shape index (κ1) is 17.7. The third-order valence-electron chi connectivity index (χ3n) is 3.93. The lowest BCUT2D eigenvalue weighted by atomic mass is 9.98. The SMILES string of the molecule is Cc1ccc(C)c(CC(=O)NCC(C(=O)O)c2ccc(F)cc2)c1. The summed E-state index contributed by atoms with van der Waals surface area (Å²) in [5.74, 6) is -2.64. The van der Waals surface area contributed by atoms with Crippen molar-refractivity contribution in [1.29, 1.82) is 0 Å². The molecule has 2 aromatic carbocycles. The number of aliphatic carboxylic acids is 1. The van der Waals surface area contributed by atoms with Gasteiger partial charge in [-0.1, -0.05) is 35.9 Å². The van der Waals surface area contributed by atoms with Crippen LogP contribution in [0.5, 0.6) is 0 Å². The average Bonchev–Trinajstić information content (AvgIpc) is 2.52. The van der Waals surface area contributed by atoms with Crippen molar-refractivity contribution in [1.82, 2.24) is 5.32 Å². The Morgan fingerprint density at radius 2 is 1.79 bits per heavy atom. The van der Waals surface area contributed by atoms with Crippen LogP contribution in [0.2, 0.25) is 0 Å². The third-order valence-corrected chi connectivity index (χ3v) is 3.93. The molecule has 0 heterocycles. The highest BCUT2D eigenvalue weighted by atomic mass is 19.1. The quantitative estimate of drug-likeness (QED) is 0.856. The molecule has 0 saturated carbocycles. The molecule has 0 radical (unpaired) electrons. The smallest absolute Gasteiger partial charge is 0.312 e. The minimum atomic E-state index is -1.06. The first-order valence-corrected chi connectivity index (χ1v) is 7.68. The molecule has 0 aliphatic rings. The van der Waals surface area contributed by atoms with Gasteiger partial charge >= 0.3 is 5.97 Å². The molecule has 24 heavy (non-hydrogen) atoms. The van der Waals surface area contributed by atoms with Crippen molar-refractivity contribution in [3.8, 4) is 0 Å². The number of aryl methyl sites for hydroxylation is 2. The van der Waals surface area contributed by atoms with Crippen LogP contribution in [0.15, 0.2) is 42.5 Å². The number of benzene rings is 2. The fraction of sp³-hybridized carbons (Fsp3) is 0.263. The van der Waals surface area contributed by atoms with E-state index in [0.717, 1.165) is 16.7 Å². The molecule has 0 aliphatic heterocycles. The number of carbonyl (C=O) groups excluding carboxylic acids is 1. The molecule has 2 N–H and O–H groups in total. The zero-order valence-electron chi connectivity index (χ0n) is 13.7. The lowest BCUT2D eigenvalue weighted by molar-refractivity contribution is -0.138. The van der Waals surface area contributed by atoms with Crippen LogP contribution in [-0.2, 0) is 16.0 Å². The number of nitrogens with one attached hydrogen (secondary N) is 1. The molecule has 2 aromatic rings. The van der Waals surface area contributed by atoms with Gasteiger partial charge in [0.05, 0.1) is 12.3 Å². The van der Waals surface area contributed by atoms with Crippen molar-refractivity contribution in [3.63, 3.8) is 0 Å². The summed E-state index contributed by atoms with van der Waals surface area (Å²) >= 11 is 0. The van der Waals surface area contributed by atoms with Gasteiger partial charge in [-0.15, -0.1) is 0 Å². The molecule has 1 atom stereocenters. The second-order valence-corrected chi connectivity index (χ2v) is 5.85. The van der Waals surface area contributed by atoms with E-state index in [2.05, 4.69) is 5.32 Å². The summed E-state index contributed by atoms with van der Waals surface area (Å²) in [4.78, 5) is 23.5. The summed E-state index contributed by atoms with van der Waals surface area (Å²) in [6, 6.07) is 11.1. The number of carbonyl (C=O) groups is 2. The topological polar surface area (TPSA) is 66.4 Å². The second kappa shape index (κ2) is 7.73. The first-order chi connectivity index (χ1) is 11.4. The van der Waals surface area contributed by atoms with E-state index in [1.807, 2.05) is 32.0 Å². The van der Waals surface area contributed by atoms with Crippen molar-refractivity contribution < 1.29 is 19.1 Å². The van der Waals surface area contributed by atoms with E-state index in [-0.39, 0.29) is 18.9 Å². The standard InChI is InChI=1S/C19H20FNO3/c1-12-3-4-13(2)15(9-12)10-18(22)21-11-17(19(23)24)14-5-7-16(20)8-6-14/h3-9,17H,10-11H2,1-2H3,(H,21,22)(H,23,24). The van der Waals surface area contributed by atoms with Gasteiger partial charge in [0.25, 0.3) is 0 Å². The van der Waals surface area contributed by atoms with Crippen LogP contribution in [0, 0.1) is 19.7 Å². The molecule has 126 valence electrons. The average molecular weight is 329 g/mol. The summed E-state index contributed by atoms with van der Waals surface area (Å²) in [7, 11) is 0. The maximum atomic E-state index is 13.0. The van der Waals surface area contributed by atoms with Gasteiger partial charge in [0.15, 0.2) is 0 Å². The fourth-order valence-electron chi connectivity index (χ4n) is 2.48. The van der Waals surface area contributed by atoms with Crippen molar-refractivity contribution in [2.45, 2.75) is 26.2 Å². The summed E-state index contributed by atoms with van der Waals surface area (Å²) in [5, 5.41) is 12.0. The second-order valence-electron chi connectivity index (χ2n) is 5.85. The van der Waals surface area contributed by atoms with Gasteiger partial charge in [-0.25, -0.2) is 4.39 Å². The molecule has 0 spiro atoms. The zero-order valence-corrected chi connectivity index (χ0v) is 13.7. The van der Waals surface area contributed by atoms with E-state index in [9.17, 15) is 19.1 Å². The van der Waals surface area contributed by atoms with Gasteiger partial charge in [0.2, 0.25) is 5.91 Å². The molecule has 2 rings (SSSR count). The van der Waals surface area contributed by atoms with Crippen LogP contribution >= 0.6 is 0 Å². The van der Waals surface area contributed by atoms with Crippen LogP contribution in [-0.4, -0.2) is 23.5 Å². The normalized spacial score (nSPS) is 11.8. The molecule has 0 aromatic heterocycles. The van der Waals surface area contributed by atoms with E-state index < -0.39 is 17.7 Å². The monoisotopic (exact) mass is 329 g/mol. The molecule has 4 nitrogen and oxygen atoms in total. The third kappa shape index (κ3) is 4.65. The maximum Gasteiger partial charge on any atom is 0.312 e. The van der Waals surface area contributed by atoms with Gasteiger partial charge in [-0.3, -0.25) is 9.59 Å². The van der Waals surface area contributed by atoms with Gasteiger partial charge < -0.3 is 10.4 Å². The van der Waals surface area contributed by atoms with Gasteiger partial charge in [0.1, 0.15) is 5.82 Å². The molecular weight excluding hydrogens is 309 g/mol. The number of hydrogen-bond donors (Lipinski definition) is 2. The predicted octanol–water partition coefficient (Wildman–Crippen LogP) is 2.97. The number of amides is 1. The Hall–Kier alpha value is -2.69. The van der Waals surface area contributed by atoms with Crippen LogP contribution in [0.4, 0.5) is 4.39 Å². The number of carboxylic acids is 1. The van der Waals surface area contributed by atoms with E-state index in [1.54, 1.807) is 0 Å². The van der Waals surface area contributed by atoms with E-state index >= 15 is 0 Å². The highest BCUT2D eigenvalue weighted by Gasteiger charge is 2.20. The van der Waals surface area contributed by atoms with Gasteiger partial charge in [-0.05, 0) is 42.7 Å². The lowest BCUT2D eigenvalue weighted by Crippen LogP contribution is -2.32. The molecule has 0 bridgehead atoms. The van der Waals surface area contributed by atoms with Crippen molar-refractivity contribution >= 4 is 11.9 Å². The first-order valence-electron chi connectivity index (χ1n) is 7.68. The summed E-state index contributed by atoms with van der Waals surface area (Å²) in [6.07, 6.45) is 0.198. The Morgan fingerprint density at radius 1 is 1.12 bits per heavy atom. The van der Waals surface area contributed by atoms with E-state index in [4.69, 9.17) is 0 Å². The van der Waals surface area contributed by atoms with Gasteiger partial charge in [-0.2, -0.15) is 0 Å². The summed E-state index contributed by atoms with van der Waals surface area (Å²) < 4.78 is 13.0. The van der Waals surface area contributed by atoms with E-state index in [0.29, 0.717) is 5.56 Å². The highest BCUT2D eigenvalue weighted by Crippen LogP contribution is 2.16. The molecular formula is C19H20FNO3.